The summed E-state index contributed by atoms with van der Waals surface area (Å²) in [6.07, 6.45) is 1.97. The molecule has 1 aromatic carbocycles. The van der Waals surface area contributed by atoms with Crippen LogP contribution < -0.4 is 11.5 Å². The van der Waals surface area contributed by atoms with Crippen LogP contribution in [-0.2, 0) is 6.54 Å². The van der Waals surface area contributed by atoms with Crippen molar-refractivity contribution in [2.75, 3.05) is 24.6 Å². The molecule has 8 heteroatoms. The summed E-state index contributed by atoms with van der Waals surface area (Å²) in [4.78, 5) is 14.3. The van der Waals surface area contributed by atoms with Crippen molar-refractivity contribution >= 4 is 35.1 Å². The van der Waals surface area contributed by atoms with Crippen molar-refractivity contribution < 1.29 is 0 Å². The first-order chi connectivity index (χ1) is 11.0. The van der Waals surface area contributed by atoms with E-state index in [9.17, 15) is 0 Å². The maximum Gasteiger partial charge on any atom is 0.225 e. The molecule has 0 atom stereocenters. The van der Waals surface area contributed by atoms with Gasteiger partial charge in [0.05, 0.1) is 6.54 Å². The Morgan fingerprint density at radius 2 is 1.57 bits per heavy atom. The van der Waals surface area contributed by atoms with Gasteiger partial charge in [0.2, 0.25) is 11.9 Å². The summed E-state index contributed by atoms with van der Waals surface area (Å²) in [5.74, 6) is 1.29. The summed E-state index contributed by atoms with van der Waals surface area (Å²) in [5.41, 5.74) is 12.3. The molecule has 1 aromatic heterocycles. The van der Waals surface area contributed by atoms with E-state index in [1.807, 2.05) is 18.2 Å². The smallest absolute Gasteiger partial charge is 0.225 e. The molecule has 23 heavy (non-hydrogen) atoms. The van der Waals surface area contributed by atoms with Crippen molar-refractivity contribution in [1.29, 1.82) is 0 Å². The van der Waals surface area contributed by atoms with Crippen molar-refractivity contribution in [1.82, 2.24) is 19.9 Å². The summed E-state index contributed by atoms with van der Waals surface area (Å²) >= 11 is 12.6. The highest BCUT2D eigenvalue weighted by molar-refractivity contribution is 6.36. The number of benzene rings is 1. The predicted molar refractivity (Wildman–Crippen MR) is 92.4 cm³/mol. The highest BCUT2D eigenvalue weighted by Crippen LogP contribution is 2.37. The molecule has 1 saturated heterocycles. The maximum atomic E-state index is 6.31. The second kappa shape index (κ2) is 6.86. The first kappa shape index (κ1) is 16.2. The quantitative estimate of drug-likeness (QED) is 0.881. The van der Waals surface area contributed by atoms with Crippen LogP contribution in [-0.4, -0.2) is 32.9 Å². The molecule has 2 heterocycles. The van der Waals surface area contributed by atoms with Crippen LogP contribution in [0.4, 0.5) is 11.9 Å². The lowest BCUT2D eigenvalue weighted by Gasteiger charge is -2.32. The van der Waals surface area contributed by atoms with Crippen LogP contribution in [0.15, 0.2) is 18.2 Å². The lowest BCUT2D eigenvalue weighted by molar-refractivity contribution is 0.200. The topological polar surface area (TPSA) is 93.9 Å². The van der Waals surface area contributed by atoms with Crippen LogP contribution in [0.25, 0.3) is 0 Å². The van der Waals surface area contributed by atoms with Gasteiger partial charge in [0.1, 0.15) is 5.82 Å². The molecule has 0 unspecified atom stereocenters. The predicted octanol–water partition coefficient (Wildman–Crippen LogP) is 2.72. The molecule has 4 N–H and O–H groups in total. The van der Waals surface area contributed by atoms with Crippen LogP contribution in [0.5, 0.6) is 0 Å². The Bertz CT molecular complexity index is 660. The van der Waals surface area contributed by atoms with Crippen molar-refractivity contribution in [2.45, 2.75) is 25.3 Å². The SMILES string of the molecule is Nc1nc(N)nc(CN2CCC(c3c(Cl)cccc3Cl)CC2)n1. The van der Waals surface area contributed by atoms with Gasteiger partial charge in [0.15, 0.2) is 0 Å². The van der Waals surface area contributed by atoms with E-state index in [2.05, 4.69) is 19.9 Å². The minimum atomic E-state index is 0.158. The van der Waals surface area contributed by atoms with Crippen LogP contribution in [0.3, 0.4) is 0 Å². The van der Waals surface area contributed by atoms with Gasteiger partial charge in [-0.05, 0) is 49.5 Å². The van der Waals surface area contributed by atoms with Crippen molar-refractivity contribution in [3.63, 3.8) is 0 Å². The number of nitrogen functional groups attached to an aromatic ring is 2. The molecule has 0 saturated carbocycles. The zero-order valence-electron chi connectivity index (χ0n) is 12.5. The highest BCUT2D eigenvalue weighted by Gasteiger charge is 2.24. The molecule has 0 amide bonds. The summed E-state index contributed by atoms with van der Waals surface area (Å²) < 4.78 is 0. The van der Waals surface area contributed by atoms with E-state index in [0.717, 1.165) is 41.5 Å². The number of halogens is 2. The zero-order chi connectivity index (χ0) is 16.4. The fourth-order valence-corrected chi connectivity index (χ4v) is 3.71. The van der Waals surface area contributed by atoms with Gasteiger partial charge in [-0.2, -0.15) is 15.0 Å². The average Bonchev–Trinajstić information content (AvgIpc) is 2.48. The Balaban J connectivity index is 1.64. The molecule has 0 radical (unpaired) electrons. The van der Waals surface area contributed by atoms with E-state index in [-0.39, 0.29) is 11.9 Å². The Labute approximate surface area is 144 Å². The first-order valence-electron chi connectivity index (χ1n) is 7.45. The highest BCUT2D eigenvalue weighted by atomic mass is 35.5. The number of rotatable bonds is 3. The fourth-order valence-electron chi connectivity index (χ4n) is 3.01. The molecular weight excluding hydrogens is 335 g/mol. The van der Waals surface area contributed by atoms with Crippen molar-refractivity contribution in [2.24, 2.45) is 0 Å². The molecule has 0 aliphatic carbocycles. The normalized spacial score (nSPS) is 16.6. The molecule has 0 spiro atoms. The standard InChI is InChI=1S/C15H18Cl2N6/c16-10-2-1-3-11(17)13(10)9-4-6-23(7-5-9)8-12-20-14(18)22-15(19)21-12/h1-3,9H,4-8H2,(H4,18,19,20,21,22). The van der Waals surface area contributed by atoms with Gasteiger partial charge >= 0.3 is 0 Å². The number of likely N-dealkylation sites (tertiary alicyclic amines) is 1. The van der Waals surface area contributed by atoms with Gasteiger partial charge in [-0.25, -0.2) is 0 Å². The van der Waals surface area contributed by atoms with Gasteiger partial charge < -0.3 is 11.5 Å². The lowest BCUT2D eigenvalue weighted by Crippen LogP contribution is -2.33. The Morgan fingerprint density at radius 1 is 1.00 bits per heavy atom. The van der Waals surface area contributed by atoms with Crippen LogP contribution in [0, 0.1) is 0 Å². The van der Waals surface area contributed by atoms with Gasteiger partial charge in [0, 0.05) is 10.0 Å². The van der Waals surface area contributed by atoms with Crippen LogP contribution >= 0.6 is 23.2 Å². The molecule has 2 aromatic rings. The second-order valence-electron chi connectivity index (χ2n) is 5.65. The van der Waals surface area contributed by atoms with E-state index >= 15 is 0 Å². The van der Waals surface area contributed by atoms with Crippen LogP contribution in [0.1, 0.15) is 30.1 Å². The number of anilines is 2. The summed E-state index contributed by atoms with van der Waals surface area (Å²) in [6, 6.07) is 5.66. The number of hydrogen-bond acceptors (Lipinski definition) is 6. The minimum absolute atomic E-state index is 0.158. The average molecular weight is 353 g/mol. The third-order valence-electron chi connectivity index (χ3n) is 4.08. The number of hydrogen-bond donors (Lipinski definition) is 2. The number of nitrogens with two attached hydrogens (primary N) is 2. The lowest BCUT2D eigenvalue weighted by atomic mass is 9.89. The summed E-state index contributed by atoms with van der Waals surface area (Å²) in [5, 5.41) is 1.49. The van der Waals surface area contributed by atoms with E-state index in [4.69, 9.17) is 34.7 Å². The van der Waals surface area contributed by atoms with Crippen LogP contribution in [0.2, 0.25) is 10.0 Å². The number of aromatic nitrogens is 3. The third kappa shape index (κ3) is 3.83. The van der Waals surface area contributed by atoms with Gasteiger partial charge in [-0.3, -0.25) is 4.90 Å². The molecule has 6 nitrogen and oxygen atoms in total. The van der Waals surface area contributed by atoms with Gasteiger partial charge in [0.25, 0.3) is 0 Å². The summed E-state index contributed by atoms with van der Waals surface area (Å²) in [7, 11) is 0. The number of nitrogens with zero attached hydrogens (tertiary/aromatic N) is 4. The Hall–Kier alpha value is -1.63. The maximum absolute atomic E-state index is 6.31. The molecule has 1 aliphatic heterocycles. The fraction of sp³-hybridized carbons (Fsp3) is 0.400. The molecule has 0 bridgehead atoms. The number of piperidine rings is 1. The second-order valence-corrected chi connectivity index (χ2v) is 6.47. The van der Waals surface area contributed by atoms with Gasteiger partial charge in [-0.1, -0.05) is 29.3 Å². The zero-order valence-corrected chi connectivity index (χ0v) is 14.1. The van der Waals surface area contributed by atoms with E-state index < -0.39 is 0 Å². The Morgan fingerprint density at radius 3 is 2.13 bits per heavy atom. The monoisotopic (exact) mass is 352 g/mol. The molecule has 122 valence electrons. The van der Waals surface area contributed by atoms with E-state index in [1.165, 1.54) is 0 Å². The molecule has 1 aliphatic rings. The molecular formula is C15H18Cl2N6. The van der Waals surface area contributed by atoms with Gasteiger partial charge in [-0.15, -0.1) is 0 Å². The van der Waals surface area contributed by atoms with Crippen molar-refractivity contribution in [3.05, 3.63) is 39.6 Å². The first-order valence-corrected chi connectivity index (χ1v) is 8.20. The Kier molecular flexibility index (Phi) is 4.84. The third-order valence-corrected chi connectivity index (χ3v) is 4.74. The molecule has 3 rings (SSSR count). The van der Waals surface area contributed by atoms with Crippen molar-refractivity contribution in [3.8, 4) is 0 Å². The van der Waals surface area contributed by atoms with E-state index in [0.29, 0.717) is 18.3 Å². The largest absolute Gasteiger partial charge is 0.368 e. The minimum Gasteiger partial charge on any atom is -0.368 e. The van der Waals surface area contributed by atoms with E-state index in [1.54, 1.807) is 0 Å². The molecule has 1 fully saturated rings. The summed E-state index contributed by atoms with van der Waals surface area (Å²) in [6.45, 7) is 2.44.